The van der Waals surface area contributed by atoms with E-state index in [1.54, 1.807) is 0 Å². The largest absolute Gasteiger partial charge is 0.473 e. The molecule has 0 spiro atoms. The molecule has 0 aromatic rings. The van der Waals surface area contributed by atoms with Crippen molar-refractivity contribution >= 4 is 38.7 Å². The second-order valence-corrected chi connectivity index (χ2v) is 6.02. The predicted octanol–water partition coefficient (Wildman–Crippen LogP) is 0.198. The summed E-state index contributed by atoms with van der Waals surface area (Å²) in [5.74, 6) is -1.64. The van der Waals surface area contributed by atoms with Gasteiger partial charge in [0.15, 0.2) is 0 Å². The van der Waals surface area contributed by atoms with Gasteiger partial charge in [0.2, 0.25) is 0 Å². The van der Waals surface area contributed by atoms with Gasteiger partial charge >= 0.3 is 11.9 Å². The van der Waals surface area contributed by atoms with E-state index in [9.17, 15) is 19.2 Å². The first-order valence-electron chi connectivity index (χ1n) is 8.70. The van der Waals surface area contributed by atoms with Gasteiger partial charge in [-0.1, -0.05) is 19.3 Å². The van der Waals surface area contributed by atoms with E-state index in [0.717, 1.165) is 32.9 Å². The minimum atomic E-state index is -0.560. The van der Waals surface area contributed by atoms with Crippen molar-refractivity contribution in [3.8, 4) is 0 Å². The van der Waals surface area contributed by atoms with E-state index < -0.39 is 17.8 Å². The van der Waals surface area contributed by atoms with E-state index in [4.69, 9.17) is 9.57 Å². The van der Waals surface area contributed by atoms with Gasteiger partial charge in [-0.05, 0) is 19.8 Å². The highest BCUT2D eigenvalue weighted by atomic mass is 16.7. The van der Waals surface area contributed by atoms with Gasteiger partial charge in [-0.15, -0.1) is 5.06 Å². The van der Waals surface area contributed by atoms with Crippen molar-refractivity contribution in [2.75, 3.05) is 0 Å². The Labute approximate surface area is 144 Å². The van der Waals surface area contributed by atoms with Gasteiger partial charge < -0.3 is 9.57 Å². The number of esters is 1. The van der Waals surface area contributed by atoms with Crippen LogP contribution < -0.4 is 0 Å². The van der Waals surface area contributed by atoms with Crippen LogP contribution in [0.3, 0.4) is 0 Å². The molecule has 1 heterocycles. The van der Waals surface area contributed by atoms with Crippen LogP contribution in [0.1, 0.15) is 64.7 Å². The quantitative estimate of drug-likeness (QED) is 0.232. The van der Waals surface area contributed by atoms with E-state index in [-0.39, 0.29) is 31.2 Å². The maximum Gasteiger partial charge on any atom is 0.333 e. The Hall–Kier alpha value is -1.79. The zero-order valence-electron chi connectivity index (χ0n) is 14.5. The fourth-order valence-electron chi connectivity index (χ4n) is 2.24. The molecule has 2 amide bonds. The van der Waals surface area contributed by atoms with Crippen LogP contribution in [0, 0.1) is 0 Å². The number of hydroxylamine groups is 2. The van der Waals surface area contributed by atoms with Crippen LogP contribution in [-0.2, 0) is 28.8 Å². The minimum absolute atomic E-state index is 0.0297. The minimum Gasteiger partial charge on any atom is -0.473 e. The number of imide groups is 1. The first-order valence-corrected chi connectivity index (χ1v) is 8.70. The summed E-state index contributed by atoms with van der Waals surface area (Å²) in [4.78, 5) is 50.4. The molecule has 1 fully saturated rings. The Morgan fingerprint density at radius 2 is 1.54 bits per heavy atom. The average molecular weight is 337 g/mol. The molecular weight excluding hydrogens is 312 g/mol. The molecule has 0 radical (unpaired) electrons. The summed E-state index contributed by atoms with van der Waals surface area (Å²) in [6.45, 7) is 1.88. The number of hydrogen-bond acceptors (Lipinski definition) is 6. The summed E-state index contributed by atoms with van der Waals surface area (Å²) in [5, 5.41) is 0.575. The van der Waals surface area contributed by atoms with Gasteiger partial charge in [-0.25, -0.2) is 4.79 Å². The summed E-state index contributed by atoms with van der Waals surface area (Å²) in [7, 11) is 2.79. The van der Waals surface area contributed by atoms with Gasteiger partial charge in [0.1, 0.15) is 7.17 Å². The van der Waals surface area contributed by atoms with Crippen molar-refractivity contribution in [2.45, 2.75) is 70.7 Å². The van der Waals surface area contributed by atoms with E-state index in [1.807, 2.05) is 14.7 Å². The topological polar surface area (TPSA) is 90.0 Å². The van der Waals surface area contributed by atoms with Crippen molar-refractivity contribution in [1.29, 1.82) is 0 Å². The lowest BCUT2D eigenvalue weighted by atomic mass is 9.52. The smallest absolute Gasteiger partial charge is 0.333 e. The number of amides is 2. The maximum atomic E-state index is 11.6. The van der Waals surface area contributed by atoms with Crippen molar-refractivity contribution in [3.63, 3.8) is 0 Å². The highest BCUT2D eigenvalue weighted by Crippen LogP contribution is 2.14. The standard InChI is InChI=1S/C15H25B2NO6/c1-11(17-16)23-14(21)7-5-3-2-4-6-8-15(22)24-18-12(19)9-10-13(18)20/h11,17H,2-10,16H2,1H3. The lowest BCUT2D eigenvalue weighted by Gasteiger charge is -2.12. The lowest BCUT2D eigenvalue weighted by molar-refractivity contribution is -0.197. The number of nitrogens with zero attached hydrogens (tertiary/aromatic N) is 1. The van der Waals surface area contributed by atoms with Crippen LogP contribution in [0.25, 0.3) is 0 Å². The zero-order valence-corrected chi connectivity index (χ0v) is 14.5. The monoisotopic (exact) mass is 337 g/mol. The number of carbonyl (C=O) groups is 4. The SMILES string of the molecule is BBC(C)OC(=O)CCCCCCCC(=O)ON1C(=O)CCC1=O. The van der Waals surface area contributed by atoms with Gasteiger partial charge in [0.05, 0.1) is 13.7 Å². The van der Waals surface area contributed by atoms with Gasteiger partial charge in [0.25, 0.3) is 11.8 Å². The Bertz CT molecular complexity index is 455. The average Bonchev–Trinajstić information content (AvgIpc) is 2.85. The second kappa shape index (κ2) is 10.9. The molecule has 1 atom stereocenters. The molecule has 1 unspecified atom stereocenters. The van der Waals surface area contributed by atoms with E-state index in [2.05, 4.69) is 0 Å². The third kappa shape index (κ3) is 7.66. The van der Waals surface area contributed by atoms with Gasteiger partial charge in [0, 0.05) is 25.7 Å². The molecule has 0 aromatic carbocycles. The summed E-state index contributed by atoms with van der Waals surface area (Å²) in [6.07, 6.45) is 4.84. The maximum absolute atomic E-state index is 11.6. The fraction of sp³-hybridized carbons (Fsp3) is 0.733. The predicted molar refractivity (Wildman–Crippen MR) is 90.7 cm³/mol. The van der Waals surface area contributed by atoms with E-state index >= 15 is 0 Å². The molecule has 1 aliphatic rings. The molecule has 0 bridgehead atoms. The molecule has 0 saturated carbocycles. The Balaban J connectivity index is 2.00. The van der Waals surface area contributed by atoms with Gasteiger partial charge in [-0.2, -0.15) is 0 Å². The third-order valence-electron chi connectivity index (χ3n) is 3.87. The van der Waals surface area contributed by atoms with Crippen LogP contribution in [0.2, 0.25) is 0 Å². The molecule has 9 heteroatoms. The molecule has 1 rings (SSSR count). The zero-order chi connectivity index (χ0) is 17.9. The summed E-state index contributed by atoms with van der Waals surface area (Å²) >= 11 is 0. The number of rotatable bonds is 11. The van der Waals surface area contributed by atoms with Gasteiger partial charge in [-0.3, -0.25) is 14.4 Å². The van der Waals surface area contributed by atoms with Crippen LogP contribution >= 0.6 is 0 Å². The van der Waals surface area contributed by atoms with Crippen LogP contribution in [0.4, 0.5) is 0 Å². The highest BCUT2D eigenvalue weighted by Gasteiger charge is 2.32. The molecular formula is C15H25B2NO6. The molecule has 24 heavy (non-hydrogen) atoms. The second-order valence-electron chi connectivity index (χ2n) is 6.02. The highest BCUT2D eigenvalue weighted by molar-refractivity contribution is 6.90. The molecule has 0 aliphatic carbocycles. The fourth-order valence-corrected chi connectivity index (χ4v) is 2.24. The van der Waals surface area contributed by atoms with E-state index in [1.165, 1.54) is 0 Å². The molecule has 1 aliphatic heterocycles. The van der Waals surface area contributed by atoms with Crippen molar-refractivity contribution in [1.82, 2.24) is 5.06 Å². The van der Waals surface area contributed by atoms with E-state index in [0.29, 0.717) is 17.9 Å². The van der Waals surface area contributed by atoms with Crippen molar-refractivity contribution in [2.24, 2.45) is 0 Å². The Morgan fingerprint density at radius 1 is 1.04 bits per heavy atom. The Morgan fingerprint density at radius 3 is 2.08 bits per heavy atom. The Kier molecular flexibility index (Phi) is 9.19. The first kappa shape index (κ1) is 20.3. The number of carbonyl (C=O) groups excluding carboxylic acids is 4. The first-order chi connectivity index (χ1) is 11.4. The molecule has 1 saturated heterocycles. The number of unbranched alkanes of at least 4 members (excludes halogenated alkanes) is 4. The third-order valence-corrected chi connectivity index (χ3v) is 3.87. The molecule has 132 valence electrons. The number of ether oxygens (including phenoxy) is 1. The molecule has 0 aromatic heterocycles. The molecule has 7 nitrogen and oxygen atoms in total. The number of hydrogen-bond donors (Lipinski definition) is 0. The lowest BCUT2D eigenvalue weighted by Crippen LogP contribution is -2.31. The van der Waals surface area contributed by atoms with Crippen molar-refractivity contribution < 1.29 is 28.8 Å². The normalized spacial score (nSPS) is 15.3. The summed E-state index contributed by atoms with van der Waals surface area (Å²) in [5.41, 5.74) is 0. The van der Waals surface area contributed by atoms with Crippen LogP contribution in [0.5, 0.6) is 0 Å². The summed E-state index contributed by atoms with van der Waals surface area (Å²) in [6, 6.07) is -0.0297. The van der Waals surface area contributed by atoms with Crippen molar-refractivity contribution in [3.05, 3.63) is 0 Å². The summed E-state index contributed by atoms with van der Waals surface area (Å²) < 4.78 is 5.18. The molecule has 0 N–H and O–H groups in total. The van der Waals surface area contributed by atoms with Crippen LogP contribution in [-0.4, -0.2) is 49.7 Å². The van der Waals surface area contributed by atoms with Crippen LogP contribution in [0.15, 0.2) is 0 Å².